The normalized spacial score (nSPS) is 11.1. The third kappa shape index (κ3) is 3.47. The average molecular weight is 398 g/mol. The summed E-state index contributed by atoms with van der Waals surface area (Å²) < 4.78 is 7.71. The highest BCUT2D eigenvalue weighted by atomic mass is 35.5. The lowest BCUT2D eigenvalue weighted by Crippen LogP contribution is -2.01. The zero-order valence-electron chi connectivity index (χ0n) is 13.9. The monoisotopic (exact) mass is 396 g/mol. The third-order valence-electron chi connectivity index (χ3n) is 3.84. The van der Waals surface area contributed by atoms with Crippen LogP contribution in [0.2, 0.25) is 15.1 Å². The molecule has 0 radical (unpaired) electrons. The second-order valence-electron chi connectivity index (χ2n) is 5.87. The topological polar surface area (TPSA) is 44.1 Å². The minimum absolute atomic E-state index is 0.0591. The number of Topliss-reactive ketones (excluding diaryl/α,β-unsaturated/α-hetero) is 1. The highest BCUT2D eigenvalue weighted by Gasteiger charge is 2.18. The van der Waals surface area contributed by atoms with E-state index in [0.29, 0.717) is 38.8 Å². The molecule has 0 saturated carbocycles. The quantitative estimate of drug-likeness (QED) is 0.561. The van der Waals surface area contributed by atoms with Gasteiger partial charge in [-0.15, -0.1) is 0 Å². The molecule has 4 nitrogen and oxygen atoms in total. The van der Waals surface area contributed by atoms with Gasteiger partial charge in [-0.1, -0.05) is 40.9 Å². The Morgan fingerprint density at radius 3 is 2.56 bits per heavy atom. The molecule has 25 heavy (non-hydrogen) atoms. The molecule has 2 aromatic carbocycles. The molecule has 1 aromatic heterocycles. The van der Waals surface area contributed by atoms with Crippen LogP contribution in [0.4, 0.5) is 0 Å². The van der Waals surface area contributed by atoms with Crippen molar-refractivity contribution in [3.8, 4) is 11.8 Å². The number of nitrogens with zero attached hydrogens (tertiary/aromatic N) is 2. The van der Waals surface area contributed by atoms with E-state index in [1.165, 1.54) is 0 Å². The Hall–Kier alpha value is -1.75. The van der Waals surface area contributed by atoms with Crippen LogP contribution in [-0.4, -0.2) is 15.3 Å². The first-order valence-corrected chi connectivity index (χ1v) is 8.68. The number of rotatable bonds is 4. The van der Waals surface area contributed by atoms with E-state index < -0.39 is 0 Å². The maximum Gasteiger partial charge on any atom is 0.302 e. The lowest BCUT2D eigenvalue weighted by atomic mass is 10.1. The van der Waals surface area contributed by atoms with E-state index in [9.17, 15) is 4.79 Å². The van der Waals surface area contributed by atoms with Crippen molar-refractivity contribution in [3.63, 3.8) is 0 Å². The molecule has 3 rings (SSSR count). The highest BCUT2D eigenvalue weighted by Crippen LogP contribution is 2.37. The minimum atomic E-state index is 0.0591. The fourth-order valence-electron chi connectivity index (χ4n) is 2.76. The molecular formula is C18H15Cl3N2O2. The fraction of sp³-hybridized carbons (Fsp3) is 0.222. The lowest BCUT2D eigenvalue weighted by Gasteiger charge is -2.11. The fourth-order valence-corrected chi connectivity index (χ4v) is 3.58. The number of aromatic nitrogens is 2. The van der Waals surface area contributed by atoms with Crippen molar-refractivity contribution in [1.82, 2.24) is 9.55 Å². The Kier molecular flexibility index (Phi) is 4.96. The number of ether oxygens (including phenoxy) is 1. The molecule has 0 aliphatic carbocycles. The maximum atomic E-state index is 11.5. The number of aryl methyl sites for hydroxylation is 2. The van der Waals surface area contributed by atoms with Gasteiger partial charge in [-0.3, -0.25) is 9.36 Å². The Labute approximate surface area is 160 Å². The lowest BCUT2D eigenvalue weighted by molar-refractivity contribution is -0.116. The van der Waals surface area contributed by atoms with Gasteiger partial charge >= 0.3 is 6.01 Å². The SMILES string of the molecule is CC(=O)Cc1ccc(Cl)c2nc(Oc3c(C)cc(Cl)cc3Cl)n(C)c12. The van der Waals surface area contributed by atoms with Crippen molar-refractivity contribution in [3.05, 3.63) is 50.5 Å². The summed E-state index contributed by atoms with van der Waals surface area (Å²) in [7, 11) is 1.81. The smallest absolute Gasteiger partial charge is 0.302 e. The summed E-state index contributed by atoms with van der Waals surface area (Å²) in [5.74, 6) is 0.539. The van der Waals surface area contributed by atoms with E-state index in [1.54, 1.807) is 29.7 Å². The largest absolute Gasteiger partial charge is 0.424 e. The van der Waals surface area contributed by atoms with Crippen LogP contribution >= 0.6 is 34.8 Å². The summed E-state index contributed by atoms with van der Waals surface area (Å²) in [5.41, 5.74) is 2.98. The Bertz CT molecular complexity index is 973. The van der Waals surface area contributed by atoms with E-state index in [2.05, 4.69) is 4.98 Å². The van der Waals surface area contributed by atoms with Gasteiger partial charge in [0.05, 0.1) is 15.6 Å². The Balaban J connectivity index is 2.14. The summed E-state index contributed by atoms with van der Waals surface area (Å²) in [6.45, 7) is 3.40. The molecule has 0 amide bonds. The number of fused-ring (bicyclic) bond motifs is 1. The number of benzene rings is 2. The van der Waals surface area contributed by atoms with Gasteiger partial charge in [0.15, 0.2) is 5.75 Å². The molecule has 0 fully saturated rings. The summed E-state index contributed by atoms with van der Waals surface area (Å²) in [6, 6.07) is 7.28. The minimum Gasteiger partial charge on any atom is -0.424 e. The van der Waals surface area contributed by atoms with Crippen LogP contribution in [0.15, 0.2) is 24.3 Å². The predicted molar refractivity (Wildman–Crippen MR) is 101 cm³/mol. The van der Waals surface area contributed by atoms with Gasteiger partial charge in [-0.25, -0.2) is 0 Å². The molecule has 0 unspecified atom stereocenters. The number of ketones is 1. The molecule has 0 atom stereocenters. The van der Waals surface area contributed by atoms with Crippen LogP contribution in [0.3, 0.4) is 0 Å². The summed E-state index contributed by atoms with van der Waals surface area (Å²) in [6.07, 6.45) is 0.299. The second kappa shape index (κ2) is 6.87. The van der Waals surface area contributed by atoms with E-state index in [4.69, 9.17) is 39.5 Å². The van der Waals surface area contributed by atoms with Crippen molar-refractivity contribution in [2.45, 2.75) is 20.3 Å². The van der Waals surface area contributed by atoms with Crippen molar-refractivity contribution >= 4 is 51.6 Å². The first-order valence-electron chi connectivity index (χ1n) is 7.54. The zero-order valence-corrected chi connectivity index (χ0v) is 16.1. The molecule has 0 spiro atoms. The van der Waals surface area contributed by atoms with Crippen LogP contribution in [0.1, 0.15) is 18.1 Å². The summed E-state index contributed by atoms with van der Waals surface area (Å²) >= 11 is 18.5. The van der Waals surface area contributed by atoms with Gasteiger partial charge in [0.2, 0.25) is 0 Å². The molecule has 3 aromatic rings. The first kappa shape index (κ1) is 18.1. The van der Waals surface area contributed by atoms with Crippen LogP contribution in [0, 0.1) is 6.92 Å². The van der Waals surface area contributed by atoms with E-state index in [-0.39, 0.29) is 5.78 Å². The maximum absolute atomic E-state index is 11.5. The standard InChI is InChI=1S/C18H15Cl3N2O2/c1-9-6-12(19)8-14(21)17(9)25-18-22-15-13(20)5-4-11(7-10(2)24)16(15)23(18)3/h4-6,8H,7H2,1-3H3. The number of carbonyl (C=O) groups is 1. The first-order chi connectivity index (χ1) is 11.8. The molecule has 7 heteroatoms. The molecule has 130 valence electrons. The Morgan fingerprint density at radius 2 is 1.92 bits per heavy atom. The average Bonchev–Trinajstić information content (AvgIpc) is 2.83. The van der Waals surface area contributed by atoms with Crippen LogP contribution in [-0.2, 0) is 18.3 Å². The molecular weight excluding hydrogens is 383 g/mol. The van der Waals surface area contributed by atoms with E-state index in [0.717, 1.165) is 16.6 Å². The van der Waals surface area contributed by atoms with Crippen LogP contribution < -0.4 is 4.74 Å². The zero-order chi connectivity index (χ0) is 18.3. The second-order valence-corrected chi connectivity index (χ2v) is 7.12. The molecule has 0 bridgehead atoms. The summed E-state index contributed by atoms with van der Waals surface area (Å²) in [5, 5.41) is 1.42. The summed E-state index contributed by atoms with van der Waals surface area (Å²) in [4.78, 5) is 16.0. The number of halogens is 3. The van der Waals surface area contributed by atoms with Gasteiger partial charge in [0.1, 0.15) is 11.3 Å². The van der Waals surface area contributed by atoms with Gasteiger partial charge in [-0.2, -0.15) is 4.98 Å². The van der Waals surface area contributed by atoms with Crippen LogP contribution in [0.5, 0.6) is 11.8 Å². The van der Waals surface area contributed by atoms with Gasteiger partial charge in [-0.05, 0) is 43.2 Å². The predicted octanol–water partition coefficient (Wildman–Crippen LogP) is 5.77. The number of imidazole rings is 1. The van der Waals surface area contributed by atoms with Crippen LogP contribution in [0.25, 0.3) is 11.0 Å². The number of carbonyl (C=O) groups excluding carboxylic acids is 1. The third-order valence-corrected chi connectivity index (χ3v) is 4.65. The number of hydrogen-bond donors (Lipinski definition) is 0. The Morgan fingerprint density at radius 1 is 1.20 bits per heavy atom. The molecule has 0 N–H and O–H groups in total. The van der Waals surface area contributed by atoms with E-state index >= 15 is 0 Å². The van der Waals surface area contributed by atoms with Gasteiger partial charge in [0.25, 0.3) is 0 Å². The van der Waals surface area contributed by atoms with Crippen molar-refractivity contribution in [1.29, 1.82) is 0 Å². The van der Waals surface area contributed by atoms with E-state index in [1.807, 2.05) is 20.0 Å². The van der Waals surface area contributed by atoms with Crippen molar-refractivity contribution < 1.29 is 9.53 Å². The molecule has 1 heterocycles. The van der Waals surface area contributed by atoms with Crippen molar-refractivity contribution in [2.24, 2.45) is 7.05 Å². The van der Waals surface area contributed by atoms with Gasteiger partial charge < -0.3 is 4.74 Å². The van der Waals surface area contributed by atoms with Gasteiger partial charge in [0, 0.05) is 18.5 Å². The molecule has 0 saturated heterocycles. The molecule has 0 aliphatic rings. The number of hydrogen-bond acceptors (Lipinski definition) is 3. The molecule has 0 aliphatic heterocycles. The van der Waals surface area contributed by atoms with Crippen molar-refractivity contribution in [2.75, 3.05) is 0 Å². The highest BCUT2D eigenvalue weighted by molar-refractivity contribution is 6.36.